The number of hydrogen-bond acceptors (Lipinski definition) is 7. The molecule has 0 radical (unpaired) electrons. The van der Waals surface area contributed by atoms with Crippen LogP contribution in [-0.4, -0.2) is 44.7 Å². The molecule has 4 rings (SSSR count). The molecule has 0 aromatic heterocycles. The molecular weight excluding hydrogens is 608 g/mol. The minimum Gasteiger partial charge on any atom is -0.497 e. The van der Waals surface area contributed by atoms with Crippen molar-refractivity contribution >= 4 is 27.8 Å². The minimum atomic E-state index is -4.14. The Bertz CT molecular complexity index is 1580. The van der Waals surface area contributed by atoms with E-state index in [1.807, 2.05) is 12.1 Å². The van der Waals surface area contributed by atoms with E-state index < -0.39 is 21.8 Å². The highest BCUT2D eigenvalue weighted by Crippen LogP contribution is 2.45. The summed E-state index contributed by atoms with van der Waals surface area (Å²) >= 11 is 1.29. The highest BCUT2D eigenvalue weighted by Gasteiger charge is 2.40. The van der Waals surface area contributed by atoms with Gasteiger partial charge in [-0.3, -0.25) is 0 Å². The van der Waals surface area contributed by atoms with Crippen LogP contribution in [-0.2, 0) is 26.1 Å². The number of rotatable bonds is 12. The smallest absolute Gasteiger partial charge is 0.370 e. The van der Waals surface area contributed by atoms with Crippen LogP contribution < -0.4 is 9.47 Å². The van der Waals surface area contributed by atoms with E-state index >= 15 is 0 Å². The first-order valence-electron chi connectivity index (χ1n) is 14.4. The molecule has 11 heteroatoms. The Labute approximate surface area is 262 Å². The van der Waals surface area contributed by atoms with Gasteiger partial charge in [-0.05, 0) is 73.0 Å². The van der Waals surface area contributed by atoms with Crippen LogP contribution in [0.1, 0.15) is 62.1 Å². The zero-order chi connectivity index (χ0) is 31.9. The molecule has 44 heavy (non-hydrogen) atoms. The number of sulfonamides is 1. The quantitative estimate of drug-likeness (QED) is 0.0869. The van der Waals surface area contributed by atoms with E-state index in [9.17, 15) is 22.0 Å². The molecule has 3 aromatic rings. The summed E-state index contributed by atoms with van der Waals surface area (Å²) in [4.78, 5) is 12.4. The third-order valence-electron chi connectivity index (χ3n) is 7.59. The van der Waals surface area contributed by atoms with E-state index in [2.05, 4.69) is 11.7 Å². The van der Waals surface area contributed by atoms with Crippen molar-refractivity contribution in [2.75, 3.05) is 20.0 Å². The molecule has 0 saturated carbocycles. The van der Waals surface area contributed by atoms with Crippen LogP contribution in [0.4, 0.5) is 8.78 Å². The van der Waals surface area contributed by atoms with Gasteiger partial charge < -0.3 is 14.2 Å². The van der Waals surface area contributed by atoms with Gasteiger partial charge in [-0.25, -0.2) is 17.6 Å². The number of carbonyl (C=O) groups excluding carboxylic acids is 1. The van der Waals surface area contributed by atoms with E-state index in [1.165, 1.54) is 34.3 Å². The maximum atomic E-state index is 14.7. The monoisotopic (exact) mass is 645 g/mol. The topological polar surface area (TPSA) is 82.1 Å². The maximum absolute atomic E-state index is 14.7. The average Bonchev–Trinajstić information content (AvgIpc) is 3.11. The first kappa shape index (κ1) is 33.5. The van der Waals surface area contributed by atoms with Crippen molar-refractivity contribution in [2.45, 2.75) is 67.8 Å². The Morgan fingerprint density at radius 2 is 1.80 bits per heavy atom. The van der Waals surface area contributed by atoms with Crippen molar-refractivity contribution in [3.8, 4) is 11.5 Å². The zero-order valence-corrected chi connectivity index (χ0v) is 26.9. The molecule has 0 fully saturated rings. The lowest BCUT2D eigenvalue weighted by molar-refractivity contribution is -0.140. The van der Waals surface area contributed by atoms with Crippen LogP contribution in [0.5, 0.6) is 11.5 Å². The van der Waals surface area contributed by atoms with E-state index in [0.717, 1.165) is 24.0 Å². The molecule has 1 aliphatic rings. The molecule has 1 heterocycles. The van der Waals surface area contributed by atoms with E-state index in [0.29, 0.717) is 35.3 Å². The molecule has 2 unspecified atom stereocenters. The van der Waals surface area contributed by atoms with Crippen LogP contribution in [0.3, 0.4) is 0 Å². The van der Waals surface area contributed by atoms with Crippen molar-refractivity contribution < 1.29 is 36.2 Å². The van der Waals surface area contributed by atoms with Crippen LogP contribution in [0.2, 0.25) is 0 Å². The summed E-state index contributed by atoms with van der Waals surface area (Å²) in [5.41, 5.74) is 2.11. The fourth-order valence-electron chi connectivity index (χ4n) is 5.34. The first-order chi connectivity index (χ1) is 21.1. The second-order valence-electron chi connectivity index (χ2n) is 10.4. The van der Waals surface area contributed by atoms with Gasteiger partial charge in [0.15, 0.2) is 0 Å². The molecule has 0 saturated heterocycles. The van der Waals surface area contributed by atoms with Gasteiger partial charge in [-0.1, -0.05) is 44.0 Å². The third kappa shape index (κ3) is 7.62. The molecule has 236 valence electrons. The molecule has 3 aromatic carbocycles. The Hall–Kier alpha value is -3.41. The number of hydrogen-bond donors (Lipinski definition) is 0. The van der Waals surface area contributed by atoms with Crippen LogP contribution in [0, 0.1) is 5.82 Å². The number of methoxy groups -OCH3 is 1. The lowest BCUT2D eigenvalue weighted by atomic mass is 9.84. The molecule has 0 bridgehead atoms. The van der Waals surface area contributed by atoms with Crippen molar-refractivity contribution in [1.82, 2.24) is 4.31 Å². The highest BCUT2D eigenvalue weighted by atomic mass is 32.2. The Kier molecular flexibility index (Phi) is 11.5. The number of fused-ring (bicyclic) bond motifs is 1. The summed E-state index contributed by atoms with van der Waals surface area (Å²) in [7, 11) is -2.57. The van der Waals surface area contributed by atoms with Crippen molar-refractivity contribution in [2.24, 2.45) is 0 Å². The van der Waals surface area contributed by atoms with Gasteiger partial charge in [0, 0.05) is 24.6 Å². The normalized spacial score (nSPS) is 18.3. The SMILES string of the molecule is CCCCC1CC(c2ccc(F)cc2)c2cc(SC)c(O/C=C(\F)C(=O)OCC)cc2S(=O)(=O)N1Cc1ccc(OC)cc1. The molecule has 0 aliphatic carbocycles. The van der Waals surface area contributed by atoms with Crippen molar-refractivity contribution in [3.05, 3.63) is 95.3 Å². The number of ether oxygens (including phenoxy) is 3. The predicted molar refractivity (Wildman–Crippen MR) is 167 cm³/mol. The summed E-state index contributed by atoms with van der Waals surface area (Å²) in [6.45, 7) is 3.72. The molecule has 7 nitrogen and oxygen atoms in total. The lowest BCUT2D eigenvalue weighted by Crippen LogP contribution is -2.39. The molecule has 1 aliphatic heterocycles. The lowest BCUT2D eigenvalue weighted by Gasteiger charge is -2.30. The second kappa shape index (κ2) is 15.0. The number of unbranched alkanes of at least 4 members (excludes halogenated alkanes) is 1. The number of benzene rings is 3. The van der Waals surface area contributed by atoms with Crippen LogP contribution >= 0.6 is 11.8 Å². The number of esters is 1. The van der Waals surface area contributed by atoms with Crippen LogP contribution in [0.25, 0.3) is 0 Å². The largest absolute Gasteiger partial charge is 0.497 e. The number of carbonyl (C=O) groups is 1. The highest BCUT2D eigenvalue weighted by molar-refractivity contribution is 7.98. The van der Waals surface area contributed by atoms with Crippen molar-refractivity contribution in [1.29, 1.82) is 0 Å². The van der Waals surface area contributed by atoms with Gasteiger partial charge in [0.25, 0.3) is 0 Å². The predicted octanol–water partition coefficient (Wildman–Crippen LogP) is 7.59. The average molecular weight is 646 g/mol. The summed E-state index contributed by atoms with van der Waals surface area (Å²) in [6, 6.07) is 16.1. The first-order valence-corrected chi connectivity index (χ1v) is 17.1. The van der Waals surface area contributed by atoms with E-state index in [-0.39, 0.29) is 41.6 Å². The van der Waals surface area contributed by atoms with Gasteiger partial charge in [0.05, 0.1) is 23.5 Å². The molecule has 0 amide bonds. The summed E-state index contributed by atoms with van der Waals surface area (Å²) in [5, 5.41) is 0. The zero-order valence-electron chi connectivity index (χ0n) is 25.2. The maximum Gasteiger partial charge on any atom is 0.370 e. The fraction of sp³-hybridized carbons (Fsp3) is 0.364. The molecule has 2 atom stereocenters. The van der Waals surface area contributed by atoms with Crippen molar-refractivity contribution in [3.63, 3.8) is 0 Å². The Balaban J connectivity index is 1.90. The standard InChI is InChI=1S/C33H37F2NO6S2/c1-5-7-8-25-17-27(23-11-13-24(34)14-12-23)28-18-31(43-4)30(42-21-29(35)33(37)41-6-2)19-32(28)44(38,39)36(25)20-22-9-15-26(40-3)16-10-22/h9-16,18-19,21,25,27H,5-8,17,20H2,1-4H3/b29-21-. The Morgan fingerprint density at radius 3 is 2.41 bits per heavy atom. The summed E-state index contributed by atoms with van der Waals surface area (Å²) in [6.07, 6.45) is 5.21. The van der Waals surface area contributed by atoms with Gasteiger partial charge in [0.1, 0.15) is 23.6 Å². The summed E-state index contributed by atoms with van der Waals surface area (Å²) in [5.74, 6) is -2.46. The van der Waals surface area contributed by atoms with Gasteiger partial charge >= 0.3 is 5.97 Å². The van der Waals surface area contributed by atoms with Crippen LogP contribution in [0.15, 0.2) is 82.5 Å². The summed E-state index contributed by atoms with van der Waals surface area (Å²) < 4.78 is 74.8. The number of nitrogens with zero attached hydrogens (tertiary/aromatic N) is 1. The Morgan fingerprint density at radius 1 is 1.09 bits per heavy atom. The second-order valence-corrected chi connectivity index (χ2v) is 13.1. The van der Waals surface area contributed by atoms with Gasteiger partial charge in [-0.15, -0.1) is 11.8 Å². The fourth-order valence-corrected chi connectivity index (χ4v) is 7.81. The molecular formula is C33H37F2NO6S2. The number of halogens is 2. The third-order valence-corrected chi connectivity index (χ3v) is 10.3. The van der Waals surface area contributed by atoms with Gasteiger partial charge in [0.2, 0.25) is 15.9 Å². The molecule has 0 spiro atoms. The van der Waals surface area contributed by atoms with E-state index in [1.54, 1.807) is 50.6 Å². The molecule has 0 N–H and O–H groups in total. The van der Waals surface area contributed by atoms with E-state index in [4.69, 9.17) is 9.47 Å². The van der Waals surface area contributed by atoms with Gasteiger partial charge in [-0.2, -0.15) is 8.70 Å². The number of thioether (sulfide) groups is 1. The minimum absolute atomic E-state index is 0.0112.